The van der Waals surface area contributed by atoms with Gasteiger partial charge in [-0.05, 0) is 31.0 Å². The molecule has 1 saturated heterocycles. The second-order valence-corrected chi connectivity index (χ2v) is 6.04. The van der Waals surface area contributed by atoms with Gasteiger partial charge in [0.25, 0.3) is 5.91 Å². The molecule has 0 spiro atoms. The van der Waals surface area contributed by atoms with Crippen LogP contribution < -0.4 is 5.73 Å². The molecule has 0 aromatic heterocycles. The molecule has 1 aromatic carbocycles. The Hall–Kier alpha value is -0.650. The van der Waals surface area contributed by atoms with E-state index in [4.69, 9.17) is 29.6 Å². The smallest absolute Gasteiger partial charge is 0.254 e. The van der Waals surface area contributed by atoms with Crippen molar-refractivity contribution in [1.29, 1.82) is 0 Å². The quantitative estimate of drug-likeness (QED) is 0.837. The number of carbonyl (C=O) groups excluding carboxylic acids is 1. The Kier molecular flexibility index (Phi) is 4.25. The minimum atomic E-state index is -0.134. The minimum Gasteiger partial charge on any atom is -0.392 e. The summed E-state index contributed by atoms with van der Waals surface area (Å²) in [6.45, 7) is 0.685. The number of hydrogen-bond acceptors (Lipinski definition) is 2. The highest BCUT2D eigenvalue weighted by molar-refractivity contribution is 9.10. The number of halogens is 2. The van der Waals surface area contributed by atoms with E-state index >= 15 is 0 Å². The molecule has 1 aliphatic heterocycles. The fourth-order valence-electron chi connectivity index (χ4n) is 2.15. The molecule has 0 radical (unpaired) electrons. The van der Waals surface area contributed by atoms with Crippen LogP contribution in [0.25, 0.3) is 0 Å². The van der Waals surface area contributed by atoms with E-state index in [1.165, 1.54) is 0 Å². The second kappa shape index (κ2) is 5.55. The van der Waals surface area contributed by atoms with Crippen LogP contribution in [0.1, 0.15) is 23.2 Å². The van der Waals surface area contributed by atoms with Crippen molar-refractivity contribution in [2.75, 3.05) is 6.54 Å². The maximum atomic E-state index is 12.4. The number of likely N-dealkylation sites (tertiary alicyclic amines) is 1. The van der Waals surface area contributed by atoms with Crippen molar-refractivity contribution in [2.45, 2.75) is 18.9 Å². The summed E-state index contributed by atoms with van der Waals surface area (Å²) >= 11 is 14.3. The first-order valence-corrected chi connectivity index (χ1v) is 7.13. The molecule has 0 saturated carbocycles. The number of amides is 1. The molecular weight excluding hydrogens is 336 g/mol. The van der Waals surface area contributed by atoms with Gasteiger partial charge in [-0.2, -0.15) is 0 Å². The summed E-state index contributed by atoms with van der Waals surface area (Å²) in [5, 5.41) is 0.527. The molecule has 1 amide bonds. The van der Waals surface area contributed by atoms with Gasteiger partial charge in [-0.25, -0.2) is 0 Å². The summed E-state index contributed by atoms with van der Waals surface area (Å²) in [6, 6.07) is 5.02. The van der Waals surface area contributed by atoms with Gasteiger partial charge in [0.2, 0.25) is 0 Å². The van der Waals surface area contributed by atoms with E-state index in [2.05, 4.69) is 15.9 Å². The zero-order valence-electron chi connectivity index (χ0n) is 9.53. The number of rotatable bonds is 2. The maximum Gasteiger partial charge on any atom is 0.254 e. The Morgan fingerprint density at radius 1 is 1.50 bits per heavy atom. The van der Waals surface area contributed by atoms with Gasteiger partial charge in [0.1, 0.15) is 0 Å². The van der Waals surface area contributed by atoms with Crippen molar-refractivity contribution in [2.24, 2.45) is 5.73 Å². The first-order chi connectivity index (χ1) is 8.49. The van der Waals surface area contributed by atoms with E-state index in [-0.39, 0.29) is 11.9 Å². The Labute approximate surface area is 124 Å². The molecule has 96 valence electrons. The Morgan fingerprint density at radius 2 is 2.22 bits per heavy atom. The summed E-state index contributed by atoms with van der Waals surface area (Å²) in [5.41, 5.74) is 6.22. The van der Waals surface area contributed by atoms with E-state index in [9.17, 15) is 4.79 Å². The summed E-state index contributed by atoms with van der Waals surface area (Å²) in [5.74, 6) is -0.0755. The Balaban J connectivity index is 2.28. The standard InChI is InChI=1S/C12H12BrClN2OS/c13-8-4-7(5-9(14)6-8)12(17)16-3-1-2-10(16)11(15)18/h4-6,10H,1-3H2,(H2,15,18). The fourth-order valence-corrected chi connectivity index (χ4v) is 3.25. The highest BCUT2D eigenvalue weighted by atomic mass is 79.9. The highest BCUT2D eigenvalue weighted by Gasteiger charge is 2.31. The molecule has 1 atom stereocenters. The van der Waals surface area contributed by atoms with Gasteiger partial charge in [0.15, 0.2) is 0 Å². The van der Waals surface area contributed by atoms with Crippen LogP contribution in [0.3, 0.4) is 0 Å². The van der Waals surface area contributed by atoms with Crippen molar-refractivity contribution < 1.29 is 4.79 Å². The van der Waals surface area contributed by atoms with Crippen LogP contribution in [-0.2, 0) is 0 Å². The lowest BCUT2D eigenvalue weighted by Crippen LogP contribution is -2.42. The van der Waals surface area contributed by atoms with Gasteiger partial charge in [0, 0.05) is 21.6 Å². The van der Waals surface area contributed by atoms with Crippen LogP contribution in [0.2, 0.25) is 5.02 Å². The third-order valence-corrected chi connectivity index (χ3v) is 3.90. The van der Waals surface area contributed by atoms with Crippen LogP contribution in [0.5, 0.6) is 0 Å². The fraction of sp³-hybridized carbons (Fsp3) is 0.333. The molecule has 18 heavy (non-hydrogen) atoms. The number of nitrogens with two attached hydrogens (primary N) is 1. The summed E-state index contributed by atoms with van der Waals surface area (Å²) < 4.78 is 0.782. The lowest BCUT2D eigenvalue weighted by Gasteiger charge is -2.23. The van der Waals surface area contributed by atoms with Crippen molar-refractivity contribution in [3.8, 4) is 0 Å². The summed E-state index contributed by atoms with van der Waals surface area (Å²) in [4.78, 5) is 14.5. The monoisotopic (exact) mass is 346 g/mol. The van der Waals surface area contributed by atoms with E-state index in [0.717, 1.165) is 17.3 Å². The zero-order valence-corrected chi connectivity index (χ0v) is 12.7. The van der Waals surface area contributed by atoms with Crippen LogP contribution >= 0.6 is 39.7 Å². The minimum absolute atomic E-state index is 0.0755. The lowest BCUT2D eigenvalue weighted by molar-refractivity contribution is 0.0770. The van der Waals surface area contributed by atoms with E-state index in [1.807, 2.05) is 0 Å². The third-order valence-electron chi connectivity index (χ3n) is 2.95. The number of nitrogens with zero attached hydrogens (tertiary/aromatic N) is 1. The topological polar surface area (TPSA) is 46.3 Å². The molecule has 2 rings (SSSR count). The molecule has 1 aliphatic rings. The molecule has 2 N–H and O–H groups in total. The largest absolute Gasteiger partial charge is 0.392 e. The first kappa shape index (κ1) is 13.8. The number of thiocarbonyl (C=S) groups is 1. The predicted octanol–water partition coefficient (Wildman–Crippen LogP) is 2.99. The van der Waals surface area contributed by atoms with Crippen LogP contribution in [0.4, 0.5) is 0 Å². The molecule has 1 heterocycles. The lowest BCUT2D eigenvalue weighted by atomic mass is 10.1. The van der Waals surface area contributed by atoms with Crippen molar-refractivity contribution in [3.05, 3.63) is 33.3 Å². The highest BCUT2D eigenvalue weighted by Crippen LogP contribution is 2.24. The molecule has 1 aromatic rings. The molecule has 1 fully saturated rings. The summed E-state index contributed by atoms with van der Waals surface area (Å²) in [6.07, 6.45) is 1.76. The molecule has 3 nitrogen and oxygen atoms in total. The molecule has 1 unspecified atom stereocenters. The van der Waals surface area contributed by atoms with E-state index in [1.54, 1.807) is 23.1 Å². The average Bonchev–Trinajstić information content (AvgIpc) is 2.75. The van der Waals surface area contributed by atoms with Gasteiger partial charge < -0.3 is 10.6 Å². The van der Waals surface area contributed by atoms with Crippen molar-refractivity contribution in [3.63, 3.8) is 0 Å². The SMILES string of the molecule is NC(=S)C1CCCN1C(=O)c1cc(Cl)cc(Br)c1. The Morgan fingerprint density at radius 3 is 2.83 bits per heavy atom. The van der Waals surface area contributed by atoms with Gasteiger partial charge in [0.05, 0.1) is 11.0 Å². The maximum absolute atomic E-state index is 12.4. The Bertz CT molecular complexity index is 489. The molecule has 0 aliphatic carbocycles. The third kappa shape index (κ3) is 2.84. The van der Waals surface area contributed by atoms with Crippen LogP contribution in [-0.4, -0.2) is 28.4 Å². The van der Waals surface area contributed by atoms with E-state index < -0.39 is 0 Å². The first-order valence-electron chi connectivity index (χ1n) is 5.55. The molecule has 0 bridgehead atoms. The normalized spacial score (nSPS) is 19.0. The molecular formula is C12H12BrClN2OS. The van der Waals surface area contributed by atoms with Crippen molar-refractivity contribution in [1.82, 2.24) is 4.90 Å². The number of benzene rings is 1. The zero-order chi connectivity index (χ0) is 13.3. The predicted molar refractivity (Wildman–Crippen MR) is 80.0 cm³/mol. The average molecular weight is 348 g/mol. The van der Waals surface area contributed by atoms with Crippen LogP contribution in [0.15, 0.2) is 22.7 Å². The van der Waals surface area contributed by atoms with E-state index in [0.29, 0.717) is 22.1 Å². The van der Waals surface area contributed by atoms with Gasteiger partial charge in [-0.15, -0.1) is 0 Å². The summed E-state index contributed by atoms with van der Waals surface area (Å²) in [7, 11) is 0. The van der Waals surface area contributed by atoms with Gasteiger partial charge in [-0.3, -0.25) is 4.79 Å². The van der Waals surface area contributed by atoms with Crippen molar-refractivity contribution >= 4 is 50.6 Å². The van der Waals surface area contributed by atoms with Gasteiger partial charge in [-0.1, -0.05) is 39.7 Å². The van der Waals surface area contributed by atoms with Gasteiger partial charge >= 0.3 is 0 Å². The van der Waals surface area contributed by atoms with Crippen LogP contribution in [0, 0.1) is 0 Å². The number of hydrogen-bond donors (Lipinski definition) is 1. The molecule has 6 heteroatoms. The second-order valence-electron chi connectivity index (χ2n) is 4.22. The number of carbonyl (C=O) groups is 1.